The van der Waals surface area contributed by atoms with Crippen LogP contribution in [-0.2, 0) is 11.3 Å². The molecule has 0 unspecified atom stereocenters. The Morgan fingerprint density at radius 2 is 2.08 bits per heavy atom. The van der Waals surface area contributed by atoms with Gasteiger partial charge in [-0.2, -0.15) is 0 Å². The molecule has 2 heterocycles. The molecule has 0 saturated carbocycles. The number of rotatable bonds is 3. The molecule has 0 aliphatic heterocycles. The molecule has 0 radical (unpaired) electrons. The van der Waals surface area contributed by atoms with E-state index in [0.717, 1.165) is 26.8 Å². The first-order valence-corrected chi connectivity index (χ1v) is 8.38. The van der Waals surface area contributed by atoms with E-state index in [1.807, 2.05) is 31.2 Å². The van der Waals surface area contributed by atoms with Crippen LogP contribution in [0, 0.1) is 13.8 Å². The van der Waals surface area contributed by atoms with Crippen LogP contribution in [0.4, 0.5) is 5.13 Å². The van der Waals surface area contributed by atoms with E-state index in [1.54, 1.807) is 4.68 Å². The minimum atomic E-state index is -0.168. The van der Waals surface area contributed by atoms with Crippen molar-refractivity contribution in [3.8, 4) is 0 Å². The Kier molecular flexibility index (Phi) is 3.50. The van der Waals surface area contributed by atoms with Crippen molar-refractivity contribution in [1.82, 2.24) is 20.0 Å². The summed E-state index contributed by atoms with van der Waals surface area (Å²) in [6, 6.07) is 11.7. The van der Waals surface area contributed by atoms with Crippen molar-refractivity contribution in [3.05, 3.63) is 47.5 Å². The first kappa shape index (κ1) is 14.8. The fourth-order valence-electron chi connectivity index (χ4n) is 2.75. The number of anilines is 1. The third kappa shape index (κ3) is 2.63. The maximum Gasteiger partial charge on any atom is 0.247 e. The number of hydrogen-bond donors (Lipinski definition) is 1. The molecule has 4 rings (SSSR count). The van der Waals surface area contributed by atoms with Crippen LogP contribution in [0.3, 0.4) is 0 Å². The molecule has 0 aliphatic carbocycles. The maximum absolute atomic E-state index is 12.3. The molecule has 4 aromatic rings. The van der Waals surface area contributed by atoms with E-state index in [4.69, 9.17) is 0 Å². The highest BCUT2D eigenvalue weighted by molar-refractivity contribution is 7.22. The van der Waals surface area contributed by atoms with Gasteiger partial charge in [0.1, 0.15) is 12.1 Å². The molecule has 0 bridgehead atoms. The number of nitrogens with one attached hydrogen (secondary N) is 1. The summed E-state index contributed by atoms with van der Waals surface area (Å²) in [4.78, 5) is 16.8. The predicted octanol–water partition coefficient (Wildman–Crippen LogP) is 3.30. The predicted molar refractivity (Wildman–Crippen MR) is 95.3 cm³/mol. The minimum Gasteiger partial charge on any atom is -0.300 e. The number of carbonyl (C=O) groups excluding carboxylic acids is 1. The fraction of sp³-hybridized carbons (Fsp3) is 0.176. The number of nitrogens with zero attached hydrogens (tertiary/aromatic N) is 4. The van der Waals surface area contributed by atoms with Gasteiger partial charge in [-0.3, -0.25) is 4.79 Å². The summed E-state index contributed by atoms with van der Waals surface area (Å²) in [5, 5.41) is 11.6. The van der Waals surface area contributed by atoms with Gasteiger partial charge in [0.15, 0.2) is 5.13 Å². The largest absolute Gasteiger partial charge is 0.300 e. The zero-order valence-electron chi connectivity index (χ0n) is 13.3. The molecular weight excluding hydrogens is 322 g/mol. The van der Waals surface area contributed by atoms with Crippen LogP contribution in [0.15, 0.2) is 36.4 Å². The Labute approximate surface area is 142 Å². The lowest BCUT2D eigenvalue weighted by molar-refractivity contribution is -0.116. The molecular formula is C17H15N5OS. The van der Waals surface area contributed by atoms with Crippen molar-refractivity contribution >= 4 is 43.6 Å². The summed E-state index contributed by atoms with van der Waals surface area (Å²) in [6.45, 7) is 4.19. The molecule has 2 aromatic carbocycles. The van der Waals surface area contributed by atoms with Gasteiger partial charge in [-0.05, 0) is 43.2 Å². The number of benzene rings is 2. The molecule has 0 aliphatic rings. The average molecular weight is 337 g/mol. The standard InChI is InChI=1S/C17H15N5OS/c1-10-7-11(2)16-14(8-10)24-17(19-16)18-15(23)9-22-13-6-4-3-5-12(13)20-21-22/h3-8H,9H2,1-2H3,(H,18,19,23). The normalized spacial score (nSPS) is 11.2. The molecule has 2 aromatic heterocycles. The van der Waals surface area contributed by atoms with Crippen LogP contribution in [-0.4, -0.2) is 25.9 Å². The van der Waals surface area contributed by atoms with Crippen LogP contribution >= 0.6 is 11.3 Å². The molecule has 1 N–H and O–H groups in total. The molecule has 1 amide bonds. The SMILES string of the molecule is Cc1cc(C)c2nc(NC(=O)Cn3nnc4ccccc43)sc2c1. The van der Waals surface area contributed by atoms with Crippen LogP contribution in [0.25, 0.3) is 21.3 Å². The highest BCUT2D eigenvalue weighted by atomic mass is 32.1. The summed E-state index contributed by atoms with van der Waals surface area (Å²) in [5.41, 5.74) is 4.85. The monoisotopic (exact) mass is 337 g/mol. The van der Waals surface area contributed by atoms with Crippen LogP contribution in [0.2, 0.25) is 0 Å². The van der Waals surface area contributed by atoms with Gasteiger partial charge in [0, 0.05) is 0 Å². The summed E-state index contributed by atoms with van der Waals surface area (Å²) in [7, 11) is 0. The first-order valence-electron chi connectivity index (χ1n) is 7.56. The Morgan fingerprint density at radius 1 is 1.25 bits per heavy atom. The molecule has 120 valence electrons. The fourth-order valence-corrected chi connectivity index (χ4v) is 3.81. The van der Waals surface area contributed by atoms with E-state index in [9.17, 15) is 4.79 Å². The number of amides is 1. The molecule has 7 heteroatoms. The van der Waals surface area contributed by atoms with Gasteiger partial charge < -0.3 is 5.32 Å². The highest BCUT2D eigenvalue weighted by Gasteiger charge is 2.12. The zero-order chi connectivity index (χ0) is 16.7. The molecule has 0 spiro atoms. The van der Waals surface area contributed by atoms with Crippen molar-refractivity contribution in [2.24, 2.45) is 0 Å². The molecule has 6 nitrogen and oxygen atoms in total. The van der Waals surface area contributed by atoms with Gasteiger partial charge in [-0.25, -0.2) is 9.67 Å². The smallest absolute Gasteiger partial charge is 0.247 e. The van der Waals surface area contributed by atoms with Crippen molar-refractivity contribution in [2.75, 3.05) is 5.32 Å². The van der Waals surface area contributed by atoms with E-state index in [0.29, 0.717) is 5.13 Å². The van der Waals surface area contributed by atoms with Crippen LogP contribution in [0.1, 0.15) is 11.1 Å². The van der Waals surface area contributed by atoms with Gasteiger partial charge in [0.2, 0.25) is 5.91 Å². The third-order valence-electron chi connectivity index (χ3n) is 3.79. The maximum atomic E-state index is 12.3. The van der Waals surface area contributed by atoms with E-state index in [1.165, 1.54) is 16.9 Å². The molecule has 0 saturated heterocycles. The number of carbonyl (C=O) groups is 1. The number of fused-ring (bicyclic) bond motifs is 2. The summed E-state index contributed by atoms with van der Waals surface area (Å²) in [5.74, 6) is -0.168. The number of thiazole rings is 1. The quantitative estimate of drug-likeness (QED) is 0.622. The molecule has 0 atom stereocenters. The van der Waals surface area contributed by atoms with E-state index >= 15 is 0 Å². The Balaban J connectivity index is 1.57. The lowest BCUT2D eigenvalue weighted by Crippen LogP contribution is -2.19. The second-order valence-electron chi connectivity index (χ2n) is 5.73. The van der Waals surface area contributed by atoms with Gasteiger partial charge in [-0.1, -0.05) is 34.7 Å². The Hall–Kier alpha value is -2.80. The van der Waals surface area contributed by atoms with Crippen molar-refractivity contribution in [3.63, 3.8) is 0 Å². The van der Waals surface area contributed by atoms with Crippen molar-refractivity contribution < 1.29 is 4.79 Å². The van der Waals surface area contributed by atoms with E-state index < -0.39 is 0 Å². The van der Waals surface area contributed by atoms with Gasteiger partial charge in [-0.15, -0.1) is 5.10 Å². The minimum absolute atomic E-state index is 0.106. The summed E-state index contributed by atoms with van der Waals surface area (Å²) >= 11 is 1.48. The third-order valence-corrected chi connectivity index (χ3v) is 4.71. The van der Waals surface area contributed by atoms with Gasteiger partial charge >= 0.3 is 0 Å². The molecule has 24 heavy (non-hydrogen) atoms. The molecule has 0 fully saturated rings. The number of hydrogen-bond acceptors (Lipinski definition) is 5. The van der Waals surface area contributed by atoms with E-state index in [2.05, 4.69) is 39.7 Å². The number of para-hydroxylation sites is 1. The number of aromatic nitrogens is 4. The summed E-state index contributed by atoms with van der Waals surface area (Å²) < 4.78 is 2.67. The van der Waals surface area contributed by atoms with Gasteiger partial charge in [0.05, 0.1) is 15.7 Å². The number of aryl methyl sites for hydroxylation is 2. The Morgan fingerprint density at radius 3 is 2.96 bits per heavy atom. The van der Waals surface area contributed by atoms with Crippen molar-refractivity contribution in [2.45, 2.75) is 20.4 Å². The Bertz CT molecular complexity index is 1070. The average Bonchev–Trinajstić information content (AvgIpc) is 3.12. The van der Waals surface area contributed by atoms with Crippen molar-refractivity contribution in [1.29, 1.82) is 0 Å². The highest BCUT2D eigenvalue weighted by Crippen LogP contribution is 2.29. The second-order valence-corrected chi connectivity index (χ2v) is 6.76. The second kappa shape index (κ2) is 5.68. The topological polar surface area (TPSA) is 72.7 Å². The zero-order valence-corrected chi connectivity index (χ0v) is 14.1. The lowest BCUT2D eigenvalue weighted by atomic mass is 10.1. The van der Waals surface area contributed by atoms with Crippen LogP contribution in [0.5, 0.6) is 0 Å². The van der Waals surface area contributed by atoms with Gasteiger partial charge in [0.25, 0.3) is 0 Å². The summed E-state index contributed by atoms with van der Waals surface area (Å²) in [6.07, 6.45) is 0. The first-order chi connectivity index (χ1) is 11.6. The lowest BCUT2D eigenvalue weighted by Gasteiger charge is -2.02. The van der Waals surface area contributed by atoms with Crippen LogP contribution < -0.4 is 5.32 Å². The van der Waals surface area contributed by atoms with E-state index in [-0.39, 0.29) is 12.5 Å².